The van der Waals surface area contributed by atoms with Gasteiger partial charge in [0, 0.05) is 18.2 Å². The largest absolute Gasteiger partial charge is 0.489 e. The molecule has 0 fully saturated rings. The molecule has 0 radical (unpaired) electrons. The van der Waals surface area contributed by atoms with Crippen molar-refractivity contribution >= 4 is 22.8 Å². The number of aryl methyl sites for hydroxylation is 3. The van der Waals surface area contributed by atoms with Crippen LogP contribution in [0.25, 0.3) is 11.2 Å². The smallest absolute Gasteiger partial charge is 0.335 e. The number of rotatable bonds is 8. The number of nitro groups is 1. The van der Waals surface area contributed by atoms with Gasteiger partial charge in [-0.2, -0.15) is 0 Å². The lowest BCUT2D eigenvalue weighted by Crippen LogP contribution is -2.06. The Morgan fingerprint density at radius 2 is 1.85 bits per heavy atom. The molecule has 0 bridgehead atoms. The zero-order chi connectivity index (χ0) is 24.4. The highest BCUT2D eigenvalue weighted by atomic mass is 16.6. The number of aromatic nitrogens is 3. The molecule has 1 N–H and O–H groups in total. The van der Waals surface area contributed by atoms with Crippen LogP contribution in [0, 0.1) is 24.0 Å². The van der Waals surface area contributed by atoms with Crippen LogP contribution in [-0.4, -0.2) is 30.5 Å². The molecule has 0 unspecified atom stereocenters. The number of nitrogens with zero attached hydrogens (tertiary/aromatic N) is 4. The minimum atomic E-state index is -1.22. The van der Waals surface area contributed by atoms with Gasteiger partial charge in [0.1, 0.15) is 23.7 Å². The number of carbonyl (C=O) groups is 1. The fourth-order valence-electron chi connectivity index (χ4n) is 3.91. The van der Waals surface area contributed by atoms with Gasteiger partial charge < -0.3 is 14.4 Å². The van der Waals surface area contributed by atoms with Crippen molar-refractivity contribution in [2.75, 3.05) is 0 Å². The standard InChI is InChI=1S/C25H24N4O5/c1-4-22-27-23-15(2)11-16(3)26-24(23)28(22)13-17-5-9-20(10-6-17)34-14-19-8-7-18(25(30)31)12-21(19)29(32)33/h5-12H,4,13-14H2,1-3H3,(H,30,31). The van der Waals surface area contributed by atoms with Gasteiger partial charge in [-0.3, -0.25) is 10.1 Å². The summed E-state index contributed by atoms with van der Waals surface area (Å²) < 4.78 is 7.86. The Morgan fingerprint density at radius 3 is 2.50 bits per heavy atom. The van der Waals surface area contributed by atoms with Gasteiger partial charge in [0.2, 0.25) is 0 Å². The predicted octanol–water partition coefficient (Wildman–Crippen LogP) is 4.84. The summed E-state index contributed by atoms with van der Waals surface area (Å²) in [4.78, 5) is 31.3. The van der Waals surface area contributed by atoms with Crippen LogP contribution < -0.4 is 4.74 Å². The summed E-state index contributed by atoms with van der Waals surface area (Å²) in [5.74, 6) is 0.300. The monoisotopic (exact) mass is 460 g/mol. The van der Waals surface area contributed by atoms with Crippen LogP contribution in [0.4, 0.5) is 5.69 Å². The van der Waals surface area contributed by atoms with Gasteiger partial charge in [-0.1, -0.05) is 19.1 Å². The lowest BCUT2D eigenvalue weighted by Gasteiger charge is -2.11. The number of aromatic carboxylic acids is 1. The Hall–Kier alpha value is -4.27. The van der Waals surface area contributed by atoms with E-state index in [9.17, 15) is 14.9 Å². The number of fused-ring (bicyclic) bond motifs is 1. The van der Waals surface area contributed by atoms with Gasteiger partial charge in [0.25, 0.3) is 5.69 Å². The van der Waals surface area contributed by atoms with E-state index in [4.69, 9.17) is 19.8 Å². The molecular formula is C25H24N4O5. The van der Waals surface area contributed by atoms with Crippen LogP contribution in [-0.2, 0) is 19.6 Å². The summed E-state index contributed by atoms with van der Waals surface area (Å²) in [6, 6.07) is 13.3. The number of hydrogen-bond acceptors (Lipinski definition) is 6. The van der Waals surface area contributed by atoms with Gasteiger partial charge in [0.05, 0.1) is 22.6 Å². The molecule has 4 rings (SSSR count). The third-order valence-electron chi connectivity index (χ3n) is 5.60. The number of pyridine rings is 1. The number of carboxylic acids is 1. The van der Waals surface area contributed by atoms with Crippen molar-refractivity contribution in [3.8, 4) is 5.75 Å². The predicted molar refractivity (Wildman–Crippen MR) is 126 cm³/mol. The minimum absolute atomic E-state index is 0.0514. The lowest BCUT2D eigenvalue weighted by molar-refractivity contribution is -0.385. The Balaban J connectivity index is 1.52. The van der Waals surface area contributed by atoms with Crippen LogP contribution in [0.15, 0.2) is 48.5 Å². The van der Waals surface area contributed by atoms with E-state index >= 15 is 0 Å². The quantitative estimate of drug-likeness (QED) is 0.295. The Bertz CT molecular complexity index is 1390. The first-order chi connectivity index (χ1) is 16.3. The molecule has 0 aliphatic rings. The molecule has 4 aromatic rings. The van der Waals surface area contributed by atoms with Crippen molar-refractivity contribution in [2.24, 2.45) is 0 Å². The van der Waals surface area contributed by atoms with Crippen LogP contribution >= 0.6 is 0 Å². The second-order valence-electron chi connectivity index (χ2n) is 8.06. The Kier molecular flexibility index (Phi) is 6.27. The number of nitro benzene ring substituents is 1. The molecule has 34 heavy (non-hydrogen) atoms. The van der Waals surface area contributed by atoms with Gasteiger partial charge >= 0.3 is 5.97 Å². The minimum Gasteiger partial charge on any atom is -0.489 e. The van der Waals surface area contributed by atoms with E-state index < -0.39 is 10.9 Å². The van der Waals surface area contributed by atoms with E-state index in [1.807, 2.05) is 32.0 Å². The Labute approximate surface area is 195 Å². The fraction of sp³-hybridized carbons (Fsp3) is 0.240. The van der Waals surface area contributed by atoms with Crippen molar-refractivity contribution in [1.82, 2.24) is 14.5 Å². The normalized spacial score (nSPS) is 11.0. The van der Waals surface area contributed by atoms with E-state index in [0.29, 0.717) is 17.9 Å². The molecule has 0 aliphatic carbocycles. The van der Waals surface area contributed by atoms with Crippen molar-refractivity contribution in [1.29, 1.82) is 0 Å². The molecule has 2 aromatic carbocycles. The number of imidazole rings is 1. The Morgan fingerprint density at radius 1 is 1.12 bits per heavy atom. The van der Waals surface area contributed by atoms with E-state index in [1.54, 1.807) is 12.1 Å². The summed E-state index contributed by atoms with van der Waals surface area (Å²) in [6.45, 7) is 6.64. The molecule has 0 spiro atoms. The fourth-order valence-corrected chi connectivity index (χ4v) is 3.91. The van der Waals surface area contributed by atoms with Crippen molar-refractivity contribution in [3.63, 3.8) is 0 Å². The molecule has 0 atom stereocenters. The molecule has 2 aromatic heterocycles. The van der Waals surface area contributed by atoms with E-state index in [1.165, 1.54) is 12.1 Å². The molecule has 0 aliphatic heterocycles. The summed E-state index contributed by atoms with van der Waals surface area (Å²) >= 11 is 0. The van der Waals surface area contributed by atoms with Gasteiger partial charge in [-0.25, -0.2) is 14.8 Å². The number of ether oxygens (including phenoxy) is 1. The van der Waals surface area contributed by atoms with Crippen LogP contribution in [0.1, 0.15) is 45.5 Å². The van der Waals surface area contributed by atoms with E-state index in [-0.39, 0.29) is 17.9 Å². The molecule has 174 valence electrons. The van der Waals surface area contributed by atoms with Crippen LogP contribution in [0.5, 0.6) is 5.75 Å². The topological polar surface area (TPSA) is 120 Å². The molecule has 0 saturated heterocycles. The second kappa shape index (κ2) is 9.30. The number of carboxylic acid groups (broad SMARTS) is 1. The molecule has 9 heteroatoms. The van der Waals surface area contributed by atoms with Crippen molar-refractivity contribution in [2.45, 2.75) is 40.3 Å². The van der Waals surface area contributed by atoms with Crippen LogP contribution in [0.3, 0.4) is 0 Å². The SMILES string of the molecule is CCc1nc2c(C)cc(C)nc2n1Cc1ccc(OCc2ccc(C(=O)O)cc2[N+](=O)[O-])cc1. The molecule has 0 saturated carbocycles. The zero-order valence-corrected chi connectivity index (χ0v) is 19.1. The summed E-state index contributed by atoms with van der Waals surface area (Å²) in [6.07, 6.45) is 0.787. The maximum absolute atomic E-state index is 11.3. The van der Waals surface area contributed by atoms with Gasteiger partial charge in [-0.05, 0) is 55.3 Å². The lowest BCUT2D eigenvalue weighted by atomic mass is 10.1. The molecular weight excluding hydrogens is 436 g/mol. The summed E-state index contributed by atoms with van der Waals surface area (Å²) in [5, 5.41) is 20.4. The highest BCUT2D eigenvalue weighted by molar-refractivity contribution is 5.88. The van der Waals surface area contributed by atoms with Gasteiger partial charge in [0.15, 0.2) is 5.65 Å². The second-order valence-corrected chi connectivity index (χ2v) is 8.06. The first-order valence-electron chi connectivity index (χ1n) is 10.8. The number of hydrogen-bond donors (Lipinski definition) is 1. The first kappa shape index (κ1) is 22.9. The summed E-state index contributed by atoms with van der Waals surface area (Å²) in [5.41, 5.74) is 4.75. The highest BCUT2D eigenvalue weighted by Crippen LogP contribution is 2.24. The molecule has 2 heterocycles. The van der Waals surface area contributed by atoms with E-state index in [0.717, 1.165) is 46.3 Å². The van der Waals surface area contributed by atoms with Crippen molar-refractivity contribution in [3.05, 3.63) is 92.4 Å². The molecule has 9 nitrogen and oxygen atoms in total. The van der Waals surface area contributed by atoms with Gasteiger partial charge in [-0.15, -0.1) is 0 Å². The van der Waals surface area contributed by atoms with E-state index in [2.05, 4.69) is 11.5 Å². The molecule has 0 amide bonds. The number of benzene rings is 2. The third kappa shape index (κ3) is 4.59. The average Bonchev–Trinajstić information content (AvgIpc) is 3.16. The zero-order valence-electron chi connectivity index (χ0n) is 19.1. The maximum atomic E-state index is 11.3. The highest BCUT2D eigenvalue weighted by Gasteiger charge is 2.18. The summed E-state index contributed by atoms with van der Waals surface area (Å²) in [7, 11) is 0. The third-order valence-corrected chi connectivity index (χ3v) is 5.60. The average molecular weight is 460 g/mol. The first-order valence-corrected chi connectivity index (χ1v) is 10.8. The maximum Gasteiger partial charge on any atom is 0.335 e. The van der Waals surface area contributed by atoms with Crippen molar-refractivity contribution < 1.29 is 19.6 Å². The van der Waals surface area contributed by atoms with Crippen LogP contribution in [0.2, 0.25) is 0 Å².